The number of rotatable bonds is 9. The summed E-state index contributed by atoms with van der Waals surface area (Å²) in [5.74, 6) is -0.0153. The molecule has 0 bridgehead atoms. The van der Waals surface area contributed by atoms with Crippen molar-refractivity contribution in [2.75, 3.05) is 27.2 Å². The SMILES string of the molecule is CN(C)S(=O)(=O)Cc1ccc(N=NCCCCCO)cc1. The van der Waals surface area contributed by atoms with E-state index in [1.165, 1.54) is 18.4 Å². The van der Waals surface area contributed by atoms with Gasteiger partial charge in [0.05, 0.1) is 18.0 Å². The van der Waals surface area contributed by atoms with Gasteiger partial charge in [-0.1, -0.05) is 12.1 Å². The fraction of sp³-hybridized carbons (Fsp3) is 0.571. The van der Waals surface area contributed by atoms with Crippen molar-refractivity contribution in [3.8, 4) is 0 Å². The van der Waals surface area contributed by atoms with Crippen molar-refractivity contribution in [1.29, 1.82) is 0 Å². The lowest BCUT2D eigenvalue weighted by molar-refractivity contribution is 0.283. The van der Waals surface area contributed by atoms with E-state index in [9.17, 15) is 8.42 Å². The first-order chi connectivity index (χ1) is 9.95. The van der Waals surface area contributed by atoms with Crippen molar-refractivity contribution < 1.29 is 13.5 Å². The largest absolute Gasteiger partial charge is 0.396 e. The molecule has 0 aliphatic rings. The molecule has 0 heterocycles. The Labute approximate surface area is 126 Å². The molecule has 0 spiro atoms. The molecule has 0 saturated carbocycles. The molecule has 0 saturated heterocycles. The van der Waals surface area contributed by atoms with Gasteiger partial charge < -0.3 is 5.11 Å². The molecular weight excluding hydrogens is 290 g/mol. The summed E-state index contributed by atoms with van der Waals surface area (Å²) in [7, 11) is -0.190. The molecule has 0 radical (unpaired) electrons. The van der Waals surface area contributed by atoms with Crippen LogP contribution in [0, 0.1) is 0 Å². The predicted molar refractivity (Wildman–Crippen MR) is 83.1 cm³/mol. The molecule has 6 nitrogen and oxygen atoms in total. The Morgan fingerprint density at radius 3 is 2.33 bits per heavy atom. The number of hydrogen-bond acceptors (Lipinski definition) is 5. The minimum absolute atomic E-state index is 0.0153. The van der Waals surface area contributed by atoms with E-state index in [0.29, 0.717) is 12.2 Å². The second-order valence-corrected chi connectivity index (χ2v) is 7.14. The van der Waals surface area contributed by atoms with Crippen LogP contribution in [0.4, 0.5) is 5.69 Å². The average molecular weight is 313 g/mol. The van der Waals surface area contributed by atoms with Gasteiger partial charge in [0, 0.05) is 20.7 Å². The second kappa shape index (κ2) is 8.86. The molecule has 118 valence electrons. The van der Waals surface area contributed by atoms with Gasteiger partial charge in [0.15, 0.2) is 0 Å². The lowest BCUT2D eigenvalue weighted by Crippen LogP contribution is -2.23. The van der Waals surface area contributed by atoms with Crippen LogP contribution in [0.1, 0.15) is 24.8 Å². The van der Waals surface area contributed by atoms with Gasteiger partial charge in [-0.25, -0.2) is 12.7 Å². The summed E-state index contributed by atoms with van der Waals surface area (Å²) in [6, 6.07) is 7.03. The zero-order valence-electron chi connectivity index (χ0n) is 12.6. The number of aliphatic hydroxyl groups excluding tert-OH is 1. The topological polar surface area (TPSA) is 82.3 Å². The van der Waals surface area contributed by atoms with Crippen LogP contribution in [0.2, 0.25) is 0 Å². The van der Waals surface area contributed by atoms with Gasteiger partial charge in [-0.15, -0.1) is 0 Å². The normalized spacial score (nSPS) is 12.4. The van der Waals surface area contributed by atoms with Gasteiger partial charge in [0.1, 0.15) is 0 Å². The van der Waals surface area contributed by atoms with Crippen LogP contribution < -0.4 is 0 Å². The third kappa shape index (κ3) is 6.79. The van der Waals surface area contributed by atoms with E-state index in [2.05, 4.69) is 10.2 Å². The van der Waals surface area contributed by atoms with Crippen LogP contribution in [0.3, 0.4) is 0 Å². The van der Waals surface area contributed by atoms with Crippen LogP contribution >= 0.6 is 0 Å². The molecule has 1 rings (SSSR count). The fourth-order valence-corrected chi connectivity index (χ4v) is 2.47. The lowest BCUT2D eigenvalue weighted by Gasteiger charge is -2.10. The Morgan fingerprint density at radius 2 is 1.76 bits per heavy atom. The van der Waals surface area contributed by atoms with Crippen LogP contribution in [0.5, 0.6) is 0 Å². The number of sulfonamides is 1. The Bertz CT molecular complexity index is 539. The average Bonchev–Trinajstić information content (AvgIpc) is 2.44. The van der Waals surface area contributed by atoms with Gasteiger partial charge in [-0.3, -0.25) is 0 Å². The molecule has 1 aromatic carbocycles. The molecule has 1 aromatic rings. The Hall–Kier alpha value is -1.31. The minimum atomic E-state index is -3.24. The Balaban J connectivity index is 2.49. The number of benzene rings is 1. The summed E-state index contributed by atoms with van der Waals surface area (Å²) >= 11 is 0. The van der Waals surface area contributed by atoms with E-state index < -0.39 is 10.0 Å². The summed E-state index contributed by atoms with van der Waals surface area (Å²) in [5.41, 5.74) is 1.44. The van der Waals surface area contributed by atoms with Crippen molar-refractivity contribution >= 4 is 15.7 Å². The van der Waals surface area contributed by atoms with Crippen molar-refractivity contribution in [3.63, 3.8) is 0 Å². The zero-order valence-corrected chi connectivity index (χ0v) is 13.4. The molecule has 1 N–H and O–H groups in total. The molecule has 7 heteroatoms. The van der Waals surface area contributed by atoms with Gasteiger partial charge in [-0.05, 0) is 37.0 Å². The fourth-order valence-electron chi connectivity index (χ4n) is 1.60. The van der Waals surface area contributed by atoms with Gasteiger partial charge >= 0.3 is 0 Å². The quantitative estimate of drug-likeness (QED) is 0.561. The predicted octanol–water partition coefficient (Wildman–Crippen LogP) is 2.32. The summed E-state index contributed by atoms with van der Waals surface area (Å²) < 4.78 is 24.7. The van der Waals surface area contributed by atoms with Crippen molar-refractivity contribution in [2.24, 2.45) is 10.2 Å². The van der Waals surface area contributed by atoms with Crippen molar-refractivity contribution in [2.45, 2.75) is 25.0 Å². The molecule has 0 unspecified atom stereocenters. The van der Waals surface area contributed by atoms with E-state index in [1.807, 2.05) is 0 Å². The summed E-state index contributed by atoms with van der Waals surface area (Å²) in [4.78, 5) is 0. The maximum atomic E-state index is 11.7. The molecule has 0 aliphatic carbocycles. The smallest absolute Gasteiger partial charge is 0.217 e. The maximum absolute atomic E-state index is 11.7. The van der Waals surface area contributed by atoms with Gasteiger partial charge in [-0.2, -0.15) is 10.2 Å². The Morgan fingerprint density at radius 1 is 1.10 bits per heavy atom. The van der Waals surface area contributed by atoms with E-state index in [-0.39, 0.29) is 12.4 Å². The van der Waals surface area contributed by atoms with Crippen LogP contribution in [-0.2, 0) is 15.8 Å². The van der Waals surface area contributed by atoms with Crippen molar-refractivity contribution in [1.82, 2.24) is 4.31 Å². The summed E-state index contributed by atoms with van der Waals surface area (Å²) in [5, 5.41) is 16.8. The lowest BCUT2D eigenvalue weighted by atomic mass is 10.2. The summed E-state index contributed by atoms with van der Waals surface area (Å²) in [6.07, 6.45) is 2.64. The van der Waals surface area contributed by atoms with Crippen molar-refractivity contribution in [3.05, 3.63) is 29.8 Å². The monoisotopic (exact) mass is 313 g/mol. The summed E-state index contributed by atoms with van der Waals surface area (Å²) in [6.45, 7) is 0.852. The first kappa shape index (κ1) is 17.7. The first-order valence-corrected chi connectivity index (χ1v) is 8.54. The van der Waals surface area contributed by atoms with E-state index >= 15 is 0 Å². The van der Waals surface area contributed by atoms with E-state index in [4.69, 9.17) is 5.11 Å². The molecule has 21 heavy (non-hydrogen) atoms. The highest BCUT2D eigenvalue weighted by Gasteiger charge is 2.14. The molecule has 0 aliphatic heterocycles. The maximum Gasteiger partial charge on any atom is 0.217 e. The van der Waals surface area contributed by atoms with Crippen LogP contribution in [-0.4, -0.2) is 45.1 Å². The van der Waals surface area contributed by atoms with Gasteiger partial charge in [0.25, 0.3) is 0 Å². The minimum Gasteiger partial charge on any atom is -0.396 e. The van der Waals surface area contributed by atoms with Gasteiger partial charge in [0.2, 0.25) is 10.0 Å². The Kier molecular flexibility index (Phi) is 7.49. The number of hydrogen-bond donors (Lipinski definition) is 1. The van der Waals surface area contributed by atoms with Crippen LogP contribution in [0.15, 0.2) is 34.5 Å². The standard InChI is InChI=1S/C14H23N3O3S/c1-17(2)21(19,20)12-13-6-8-14(9-7-13)16-15-10-4-3-5-11-18/h6-9,18H,3-5,10-12H2,1-2H3. The number of unbranched alkanes of at least 4 members (excludes halogenated alkanes) is 2. The first-order valence-electron chi connectivity index (χ1n) is 6.93. The zero-order chi connectivity index (χ0) is 15.7. The molecule has 0 aromatic heterocycles. The molecule has 0 amide bonds. The third-order valence-electron chi connectivity index (χ3n) is 2.94. The number of aliphatic hydroxyl groups is 1. The highest BCUT2D eigenvalue weighted by atomic mass is 32.2. The molecule has 0 atom stereocenters. The highest BCUT2D eigenvalue weighted by molar-refractivity contribution is 7.88. The molecule has 0 fully saturated rings. The molecular formula is C14H23N3O3S. The highest BCUT2D eigenvalue weighted by Crippen LogP contribution is 2.16. The second-order valence-electron chi connectivity index (χ2n) is 4.95. The third-order valence-corrected chi connectivity index (χ3v) is 4.75. The van der Waals surface area contributed by atoms with E-state index in [1.54, 1.807) is 24.3 Å². The number of nitrogens with zero attached hydrogens (tertiary/aromatic N) is 3. The van der Waals surface area contributed by atoms with E-state index in [0.717, 1.165) is 24.8 Å². The van der Waals surface area contributed by atoms with Crippen LogP contribution in [0.25, 0.3) is 0 Å². The number of azo groups is 1.